The maximum absolute atomic E-state index is 14.0. The number of esters is 1. The summed E-state index contributed by atoms with van der Waals surface area (Å²) < 4.78 is 14.8. The van der Waals surface area contributed by atoms with Crippen molar-refractivity contribution in [2.75, 3.05) is 34.4 Å². The van der Waals surface area contributed by atoms with E-state index in [0.29, 0.717) is 19.4 Å². The van der Waals surface area contributed by atoms with Crippen LogP contribution >= 0.6 is 11.3 Å². The minimum absolute atomic E-state index is 0.150. The lowest BCUT2D eigenvalue weighted by molar-refractivity contribution is -0.156. The molecule has 7 rings (SSSR count). The molecule has 1 N–H and O–H groups in total. The van der Waals surface area contributed by atoms with E-state index < -0.39 is 23.5 Å². The van der Waals surface area contributed by atoms with Gasteiger partial charge in [0.1, 0.15) is 17.2 Å². The predicted octanol–water partition coefficient (Wildman–Crippen LogP) is 5.38. The molecule has 5 atom stereocenters. The van der Waals surface area contributed by atoms with Crippen molar-refractivity contribution < 1.29 is 19.1 Å². The molecule has 0 saturated carbocycles. The molecule has 1 aromatic carbocycles. The lowest BCUT2D eigenvalue weighted by atomic mass is 9.67. The fourth-order valence-corrected chi connectivity index (χ4v) is 8.96. The molecule has 4 aromatic rings. The summed E-state index contributed by atoms with van der Waals surface area (Å²) in [6.45, 7) is 11.6. The number of aromatic nitrogens is 3. The van der Waals surface area contributed by atoms with Crippen LogP contribution in [0.2, 0.25) is 0 Å². The summed E-state index contributed by atoms with van der Waals surface area (Å²) in [7, 11) is 5.56. The van der Waals surface area contributed by atoms with Crippen LogP contribution in [-0.2, 0) is 25.6 Å². The Bertz CT molecular complexity index is 1900. The zero-order valence-corrected chi connectivity index (χ0v) is 29.2. The minimum atomic E-state index is -0.826. The van der Waals surface area contributed by atoms with Gasteiger partial charge in [0.2, 0.25) is 0 Å². The van der Waals surface area contributed by atoms with Gasteiger partial charge in [-0.3, -0.25) is 29.5 Å². The number of carbonyl (C=O) groups excluding carboxylic acids is 2. The van der Waals surface area contributed by atoms with Crippen molar-refractivity contribution >= 4 is 40.8 Å². The van der Waals surface area contributed by atoms with Crippen molar-refractivity contribution in [2.45, 2.75) is 70.3 Å². The van der Waals surface area contributed by atoms with Gasteiger partial charge in [0, 0.05) is 65.1 Å². The van der Waals surface area contributed by atoms with Gasteiger partial charge in [-0.15, -0.1) is 11.3 Å². The Morgan fingerprint density at radius 1 is 1.25 bits per heavy atom. The highest BCUT2D eigenvalue weighted by Gasteiger charge is 2.47. The maximum Gasteiger partial charge on any atom is 0.324 e. The van der Waals surface area contributed by atoms with E-state index in [0.717, 1.165) is 56.2 Å². The highest BCUT2D eigenvalue weighted by Crippen LogP contribution is 2.57. The van der Waals surface area contributed by atoms with Crippen molar-refractivity contribution in [1.82, 2.24) is 29.9 Å². The molecule has 6 bridgehead atoms. The number of thiazole rings is 1. The Labute approximate surface area is 284 Å². The van der Waals surface area contributed by atoms with Crippen LogP contribution in [0, 0.1) is 5.41 Å². The van der Waals surface area contributed by atoms with Gasteiger partial charge in [0.25, 0.3) is 5.91 Å². The Morgan fingerprint density at radius 2 is 2.06 bits per heavy atom. The van der Waals surface area contributed by atoms with Crippen LogP contribution in [0.25, 0.3) is 33.4 Å². The number of hydrogen-bond donors (Lipinski definition) is 1. The first kappa shape index (κ1) is 32.6. The topological polar surface area (TPSA) is 114 Å². The number of nitrogens with zero attached hydrogens (tertiary/aromatic N) is 6. The third kappa shape index (κ3) is 5.17. The number of benzene rings is 1. The molecule has 3 aromatic heterocycles. The highest BCUT2D eigenvalue weighted by atomic mass is 32.1. The first-order valence-electron chi connectivity index (χ1n) is 16.6. The van der Waals surface area contributed by atoms with Crippen LogP contribution in [0.1, 0.15) is 67.9 Å². The second-order valence-electron chi connectivity index (χ2n) is 13.8. The van der Waals surface area contributed by atoms with Crippen LogP contribution in [-0.4, -0.2) is 89.5 Å². The van der Waals surface area contributed by atoms with Gasteiger partial charge in [-0.1, -0.05) is 19.9 Å². The molecule has 0 spiro atoms. The fraction of sp³-hybridized carbons (Fsp3) is 0.472. The molecule has 0 radical (unpaired) electrons. The molecule has 3 aliphatic rings. The van der Waals surface area contributed by atoms with E-state index in [2.05, 4.69) is 72.1 Å². The molecule has 1 saturated heterocycles. The Hall–Kier alpha value is -3.97. The molecule has 1 fully saturated rings. The maximum atomic E-state index is 14.0. The minimum Gasteiger partial charge on any atom is -0.464 e. The average Bonchev–Trinajstić information content (AvgIpc) is 3.70. The highest BCUT2D eigenvalue weighted by molar-refractivity contribution is 7.10. The van der Waals surface area contributed by atoms with Gasteiger partial charge in [-0.25, -0.2) is 10.4 Å². The third-order valence-electron chi connectivity index (χ3n) is 10.2. The second kappa shape index (κ2) is 12.5. The van der Waals surface area contributed by atoms with Crippen molar-refractivity contribution in [3.8, 4) is 22.5 Å². The molecular weight excluding hydrogens is 627 g/mol. The molecule has 2 aliphatic heterocycles. The van der Waals surface area contributed by atoms with E-state index in [4.69, 9.17) is 19.4 Å². The number of fused-ring (bicyclic) bond motifs is 8. The SMILES string of the molecule is C=NC1C(=O)N2CCC[C@H](N2)C(=O)OCC(C)(C)C2c3c(n(CC)c4ccc(cc34)-c3csc(n3)C1N(C)C)-c1cccnc1[C@H]2OC. The molecular formula is C36H43N7O4S. The smallest absolute Gasteiger partial charge is 0.324 e. The standard InChI is InChI=1S/C36H43N7O4S/c1-8-42-25-14-13-20-17-22(25)26-27(32(46-7)28-21(30(26)42)11-9-15-38-28)36(2,3)19-47-35(45)23-12-10-16-43(40-23)34(44)29(37-4)31(41(5)6)33-39-24(20)18-48-33/h9,11,13-15,17-18,23,27,29,31-32,40H,4,8,10,12,16,19H2,1-3,5-7H3/t23-,27?,29?,31?,32-/m0/s1. The fourth-order valence-electron chi connectivity index (χ4n) is 7.91. The van der Waals surface area contributed by atoms with E-state index >= 15 is 0 Å². The first-order chi connectivity index (χ1) is 23.1. The number of aryl methyl sites for hydroxylation is 1. The number of hydrogen-bond acceptors (Lipinski definition) is 10. The average molecular weight is 670 g/mol. The number of pyridine rings is 1. The molecule has 1 amide bonds. The number of nitrogens with one attached hydrogen (secondary N) is 1. The zero-order valence-electron chi connectivity index (χ0n) is 28.4. The number of cyclic esters (lactones) is 1. The van der Waals surface area contributed by atoms with Gasteiger partial charge >= 0.3 is 5.97 Å². The van der Waals surface area contributed by atoms with E-state index in [1.807, 2.05) is 31.3 Å². The summed E-state index contributed by atoms with van der Waals surface area (Å²) in [4.78, 5) is 43.9. The number of carbonyl (C=O) groups is 2. The summed E-state index contributed by atoms with van der Waals surface area (Å²) in [6, 6.07) is 8.68. The van der Waals surface area contributed by atoms with E-state index in [1.54, 1.807) is 7.11 Å². The number of hydrazine groups is 1. The lowest BCUT2D eigenvalue weighted by Crippen LogP contribution is -2.58. The van der Waals surface area contributed by atoms with Crippen LogP contribution in [0.15, 0.2) is 46.9 Å². The summed E-state index contributed by atoms with van der Waals surface area (Å²) in [5, 5.41) is 5.44. The number of methoxy groups -OCH3 is 1. The molecule has 12 heteroatoms. The van der Waals surface area contributed by atoms with Crippen LogP contribution in [0.4, 0.5) is 0 Å². The summed E-state index contributed by atoms with van der Waals surface area (Å²) in [6.07, 6.45) is 2.65. The number of ether oxygens (including phenoxy) is 2. The number of amides is 1. The van der Waals surface area contributed by atoms with Crippen LogP contribution in [0.5, 0.6) is 0 Å². The van der Waals surface area contributed by atoms with E-state index in [9.17, 15) is 9.59 Å². The monoisotopic (exact) mass is 669 g/mol. The largest absolute Gasteiger partial charge is 0.464 e. The number of rotatable bonds is 4. The van der Waals surface area contributed by atoms with Crippen molar-refractivity contribution in [3.05, 3.63) is 58.2 Å². The van der Waals surface area contributed by atoms with Gasteiger partial charge in [-0.05, 0) is 70.4 Å². The summed E-state index contributed by atoms with van der Waals surface area (Å²) in [5.41, 5.74) is 9.73. The Balaban J connectivity index is 1.47. The summed E-state index contributed by atoms with van der Waals surface area (Å²) in [5.74, 6) is -0.839. The van der Waals surface area contributed by atoms with Crippen LogP contribution in [0.3, 0.4) is 0 Å². The lowest BCUT2D eigenvalue weighted by Gasteiger charge is -2.42. The van der Waals surface area contributed by atoms with E-state index in [1.165, 1.54) is 16.3 Å². The molecule has 252 valence electrons. The molecule has 1 aliphatic carbocycles. The van der Waals surface area contributed by atoms with Crippen molar-refractivity contribution in [2.24, 2.45) is 10.4 Å². The molecule has 11 nitrogen and oxygen atoms in total. The molecule has 48 heavy (non-hydrogen) atoms. The predicted molar refractivity (Wildman–Crippen MR) is 187 cm³/mol. The molecule has 5 heterocycles. The van der Waals surface area contributed by atoms with Gasteiger partial charge in [-0.2, -0.15) is 0 Å². The van der Waals surface area contributed by atoms with Gasteiger partial charge < -0.3 is 14.0 Å². The Kier molecular flexibility index (Phi) is 8.47. The number of aliphatic imine (C=N–C) groups is 1. The van der Waals surface area contributed by atoms with Gasteiger partial charge in [0.15, 0.2) is 6.04 Å². The quantitative estimate of drug-likeness (QED) is 0.228. The zero-order chi connectivity index (χ0) is 33.9. The normalized spacial score (nSPS) is 25.5. The third-order valence-corrected chi connectivity index (χ3v) is 11.1. The van der Waals surface area contributed by atoms with Crippen molar-refractivity contribution in [1.29, 1.82) is 0 Å². The number of likely N-dealkylation sites (N-methyl/N-ethyl adjacent to an activating group) is 1. The second-order valence-corrected chi connectivity index (χ2v) is 14.7. The molecule has 3 unspecified atom stereocenters. The van der Waals surface area contributed by atoms with Gasteiger partial charge in [0.05, 0.1) is 29.7 Å². The first-order valence-corrected chi connectivity index (χ1v) is 17.4. The summed E-state index contributed by atoms with van der Waals surface area (Å²) >= 11 is 1.51. The van der Waals surface area contributed by atoms with Crippen LogP contribution < -0.4 is 5.43 Å². The van der Waals surface area contributed by atoms with Crippen molar-refractivity contribution in [3.63, 3.8) is 0 Å². The Morgan fingerprint density at radius 3 is 2.79 bits per heavy atom. The van der Waals surface area contributed by atoms with E-state index in [-0.39, 0.29) is 30.5 Å².